The van der Waals surface area contributed by atoms with Gasteiger partial charge in [-0.25, -0.2) is 4.68 Å². The van der Waals surface area contributed by atoms with Gasteiger partial charge in [-0.1, -0.05) is 64.7 Å². The van der Waals surface area contributed by atoms with Gasteiger partial charge < -0.3 is 5.73 Å². The van der Waals surface area contributed by atoms with Crippen molar-refractivity contribution >= 4 is 5.91 Å². The summed E-state index contributed by atoms with van der Waals surface area (Å²) in [5.41, 5.74) is 5.16. The zero-order valence-electron chi connectivity index (χ0n) is 13.3. The molecule has 1 heterocycles. The summed E-state index contributed by atoms with van der Waals surface area (Å²) < 4.78 is 1.69. The lowest BCUT2D eigenvalue weighted by Crippen LogP contribution is -2.18. The Balaban J connectivity index is 1.99. The van der Waals surface area contributed by atoms with Crippen molar-refractivity contribution in [1.29, 1.82) is 0 Å². The van der Waals surface area contributed by atoms with Gasteiger partial charge in [0.25, 0.3) is 0 Å². The topological polar surface area (TPSA) is 86.7 Å². The molecule has 120 valence electrons. The predicted molar refractivity (Wildman–Crippen MR) is 82.6 cm³/mol. The molecule has 0 atom stereocenters. The number of rotatable bonds is 13. The number of aromatic nitrogens is 4. The average Bonchev–Trinajstić information content (AvgIpc) is 2.87. The van der Waals surface area contributed by atoms with Crippen LogP contribution in [-0.4, -0.2) is 26.1 Å². The SMILES string of the molecule is CCCCCCCCCCCCn1nnnc1CC(N)=O. The van der Waals surface area contributed by atoms with Gasteiger partial charge in [0.1, 0.15) is 0 Å². The van der Waals surface area contributed by atoms with Gasteiger partial charge in [0.05, 0.1) is 6.42 Å². The quantitative estimate of drug-likeness (QED) is 0.567. The third-order valence-corrected chi connectivity index (χ3v) is 3.66. The normalized spacial score (nSPS) is 10.9. The summed E-state index contributed by atoms with van der Waals surface area (Å²) in [7, 11) is 0. The Bertz CT molecular complexity index is 391. The number of carbonyl (C=O) groups is 1. The third-order valence-electron chi connectivity index (χ3n) is 3.66. The number of nitrogens with two attached hydrogens (primary N) is 1. The molecule has 0 saturated heterocycles. The molecule has 1 amide bonds. The van der Waals surface area contributed by atoms with E-state index in [1.807, 2.05) is 0 Å². The molecule has 0 fully saturated rings. The maximum Gasteiger partial charge on any atom is 0.225 e. The highest BCUT2D eigenvalue weighted by molar-refractivity contribution is 5.75. The number of nitrogens with zero attached hydrogens (tertiary/aromatic N) is 4. The summed E-state index contributed by atoms with van der Waals surface area (Å²) in [6.45, 7) is 3.02. The lowest BCUT2D eigenvalue weighted by molar-refractivity contribution is -0.117. The molecule has 0 radical (unpaired) electrons. The van der Waals surface area contributed by atoms with Crippen LogP contribution in [0.15, 0.2) is 0 Å². The van der Waals surface area contributed by atoms with Crippen molar-refractivity contribution in [3.63, 3.8) is 0 Å². The predicted octanol–water partition coefficient (Wildman–Crippen LogP) is 2.62. The van der Waals surface area contributed by atoms with E-state index in [2.05, 4.69) is 22.4 Å². The number of hydrogen-bond donors (Lipinski definition) is 1. The van der Waals surface area contributed by atoms with Gasteiger partial charge in [0.15, 0.2) is 5.82 Å². The largest absolute Gasteiger partial charge is 0.369 e. The van der Waals surface area contributed by atoms with Crippen molar-refractivity contribution in [2.24, 2.45) is 5.73 Å². The van der Waals surface area contributed by atoms with Crippen LogP contribution < -0.4 is 5.73 Å². The van der Waals surface area contributed by atoms with E-state index in [0.29, 0.717) is 5.82 Å². The van der Waals surface area contributed by atoms with Crippen molar-refractivity contribution < 1.29 is 4.79 Å². The molecular weight excluding hydrogens is 266 g/mol. The van der Waals surface area contributed by atoms with E-state index < -0.39 is 5.91 Å². The van der Waals surface area contributed by atoms with Gasteiger partial charge in [-0.2, -0.15) is 0 Å². The standard InChI is InChI=1S/C15H29N5O/c1-2-3-4-5-6-7-8-9-10-11-12-20-15(13-14(16)21)17-18-19-20/h2-13H2,1H3,(H2,16,21). The molecule has 6 heteroatoms. The van der Waals surface area contributed by atoms with Crippen LogP contribution in [0.25, 0.3) is 0 Å². The van der Waals surface area contributed by atoms with Gasteiger partial charge in [-0.3, -0.25) is 4.79 Å². The summed E-state index contributed by atoms with van der Waals surface area (Å²) in [4.78, 5) is 10.9. The van der Waals surface area contributed by atoms with Crippen LogP contribution in [0.5, 0.6) is 0 Å². The van der Waals surface area contributed by atoms with Gasteiger partial charge >= 0.3 is 0 Å². The first-order chi connectivity index (χ1) is 10.2. The number of carbonyl (C=O) groups excluding carboxylic acids is 1. The van der Waals surface area contributed by atoms with E-state index in [9.17, 15) is 4.79 Å². The summed E-state index contributed by atoms with van der Waals surface area (Å²) in [6, 6.07) is 0. The molecule has 1 aromatic rings. The number of hydrogen-bond acceptors (Lipinski definition) is 4. The molecule has 0 unspecified atom stereocenters. The minimum absolute atomic E-state index is 0.116. The van der Waals surface area contributed by atoms with Crippen molar-refractivity contribution in [2.45, 2.75) is 84.1 Å². The minimum Gasteiger partial charge on any atom is -0.369 e. The Morgan fingerprint density at radius 1 is 1.00 bits per heavy atom. The highest BCUT2D eigenvalue weighted by atomic mass is 16.1. The fraction of sp³-hybridized carbons (Fsp3) is 0.867. The Morgan fingerprint density at radius 2 is 1.57 bits per heavy atom. The molecule has 6 nitrogen and oxygen atoms in total. The second-order valence-electron chi connectivity index (χ2n) is 5.64. The van der Waals surface area contributed by atoms with E-state index in [4.69, 9.17) is 5.73 Å². The maximum absolute atomic E-state index is 10.9. The van der Waals surface area contributed by atoms with Crippen molar-refractivity contribution in [3.8, 4) is 0 Å². The summed E-state index contributed by atoms with van der Waals surface area (Å²) in [6.07, 6.45) is 13.1. The van der Waals surface area contributed by atoms with E-state index in [-0.39, 0.29) is 6.42 Å². The average molecular weight is 295 g/mol. The van der Waals surface area contributed by atoms with Gasteiger partial charge in [0, 0.05) is 6.54 Å². The molecule has 2 N–H and O–H groups in total. The molecule has 0 bridgehead atoms. The number of amides is 1. The molecule has 0 aromatic carbocycles. The van der Waals surface area contributed by atoms with Crippen LogP contribution in [-0.2, 0) is 17.8 Å². The molecule has 0 saturated carbocycles. The molecular formula is C15H29N5O. The Hall–Kier alpha value is -1.46. The first-order valence-corrected chi connectivity index (χ1v) is 8.27. The lowest BCUT2D eigenvalue weighted by Gasteiger charge is -2.04. The third kappa shape index (κ3) is 8.42. The first-order valence-electron chi connectivity index (χ1n) is 8.27. The number of primary amides is 1. The number of unbranched alkanes of at least 4 members (excludes halogenated alkanes) is 9. The van der Waals surface area contributed by atoms with E-state index in [1.165, 1.54) is 57.8 Å². The van der Waals surface area contributed by atoms with Crippen LogP contribution in [0.4, 0.5) is 0 Å². The van der Waals surface area contributed by atoms with Gasteiger partial charge in [-0.15, -0.1) is 5.10 Å². The fourth-order valence-electron chi connectivity index (χ4n) is 2.43. The zero-order chi connectivity index (χ0) is 15.3. The van der Waals surface area contributed by atoms with Crippen molar-refractivity contribution in [2.75, 3.05) is 0 Å². The van der Waals surface area contributed by atoms with E-state index in [1.54, 1.807) is 4.68 Å². The van der Waals surface area contributed by atoms with Gasteiger partial charge in [-0.05, 0) is 16.8 Å². The monoisotopic (exact) mass is 295 g/mol. The molecule has 0 aliphatic carbocycles. The van der Waals surface area contributed by atoms with E-state index in [0.717, 1.165) is 13.0 Å². The lowest BCUT2D eigenvalue weighted by atomic mass is 10.1. The van der Waals surface area contributed by atoms with Crippen LogP contribution in [0, 0.1) is 0 Å². The highest BCUT2D eigenvalue weighted by Gasteiger charge is 2.08. The summed E-state index contributed by atoms with van der Waals surface area (Å²) in [5, 5.41) is 11.3. The molecule has 1 rings (SSSR count). The van der Waals surface area contributed by atoms with Crippen LogP contribution in [0.1, 0.15) is 77.0 Å². The van der Waals surface area contributed by atoms with Crippen molar-refractivity contribution in [3.05, 3.63) is 5.82 Å². The first kappa shape index (κ1) is 17.6. The Morgan fingerprint density at radius 3 is 2.14 bits per heavy atom. The molecule has 21 heavy (non-hydrogen) atoms. The van der Waals surface area contributed by atoms with Crippen LogP contribution in [0.2, 0.25) is 0 Å². The second-order valence-corrected chi connectivity index (χ2v) is 5.64. The molecule has 0 aliphatic rings. The maximum atomic E-state index is 10.9. The summed E-state index contributed by atoms with van der Waals surface area (Å²) in [5.74, 6) is 0.174. The molecule has 0 spiro atoms. The van der Waals surface area contributed by atoms with Crippen LogP contribution >= 0.6 is 0 Å². The van der Waals surface area contributed by atoms with Gasteiger partial charge in [0.2, 0.25) is 5.91 Å². The smallest absolute Gasteiger partial charge is 0.225 e. The zero-order valence-corrected chi connectivity index (χ0v) is 13.3. The Kier molecular flexibility index (Phi) is 9.40. The van der Waals surface area contributed by atoms with Crippen LogP contribution in [0.3, 0.4) is 0 Å². The van der Waals surface area contributed by atoms with E-state index >= 15 is 0 Å². The molecule has 1 aromatic heterocycles. The second kappa shape index (κ2) is 11.2. The minimum atomic E-state index is -0.394. The number of tetrazole rings is 1. The summed E-state index contributed by atoms with van der Waals surface area (Å²) >= 11 is 0. The fourth-order valence-corrected chi connectivity index (χ4v) is 2.43. The van der Waals surface area contributed by atoms with Crippen molar-refractivity contribution in [1.82, 2.24) is 20.2 Å². The highest BCUT2D eigenvalue weighted by Crippen LogP contribution is 2.11. The molecule has 0 aliphatic heterocycles. The number of aryl methyl sites for hydroxylation is 1. The Labute approximate surface area is 127 Å².